The van der Waals surface area contributed by atoms with Crippen LogP contribution < -0.4 is 0 Å². The standard InChI is InChI=1S/C17H18O4/c1-10(2)8-12-14(18)9-13(17(21)16(12)20)15(19)11-6-4-3-5-7-11/h3-7,9-10,18,20-21H,8H2,1-2H3. The first-order chi connectivity index (χ1) is 9.91. The number of phenols is 3. The number of ketones is 1. The monoisotopic (exact) mass is 286 g/mol. The third kappa shape index (κ3) is 2.99. The van der Waals surface area contributed by atoms with Gasteiger partial charge in [0, 0.05) is 11.1 Å². The van der Waals surface area contributed by atoms with Crippen LogP contribution in [0.15, 0.2) is 36.4 Å². The summed E-state index contributed by atoms with van der Waals surface area (Å²) in [6.07, 6.45) is 0.408. The van der Waals surface area contributed by atoms with E-state index in [1.807, 2.05) is 13.8 Å². The van der Waals surface area contributed by atoms with Gasteiger partial charge in [-0.15, -0.1) is 0 Å². The maximum atomic E-state index is 12.3. The summed E-state index contributed by atoms with van der Waals surface area (Å²) < 4.78 is 0. The highest BCUT2D eigenvalue weighted by Crippen LogP contribution is 2.40. The van der Waals surface area contributed by atoms with Crippen LogP contribution in [-0.4, -0.2) is 21.1 Å². The molecule has 4 nitrogen and oxygen atoms in total. The Bertz CT molecular complexity index is 660. The number of benzene rings is 2. The summed E-state index contributed by atoms with van der Waals surface area (Å²) in [5.41, 5.74) is 0.527. The van der Waals surface area contributed by atoms with Crippen LogP contribution in [-0.2, 0) is 6.42 Å². The predicted molar refractivity (Wildman–Crippen MR) is 79.9 cm³/mol. The Hall–Kier alpha value is -2.49. The van der Waals surface area contributed by atoms with E-state index in [1.165, 1.54) is 6.07 Å². The zero-order valence-corrected chi connectivity index (χ0v) is 12.0. The zero-order chi connectivity index (χ0) is 15.6. The maximum absolute atomic E-state index is 12.3. The molecule has 2 aromatic carbocycles. The number of rotatable bonds is 4. The second kappa shape index (κ2) is 5.87. The first kappa shape index (κ1) is 14.9. The van der Waals surface area contributed by atoms with Crippen molar-refractivity contribution >= 4 is 5.78 Å². The molecule has 2 rings (SSSR count). The van der Waals surface area contributed by atoms with Crippen LogP contribution in [0.2, 0.25) is 0 Å². The van der Waals surface area contributed by atoms with Crippen molar-refractivity contribution in [3.05, 3.63) is 53.1 Å². The largest absolute Gasteiger partial charge is 0.508 e. The summed E-state index contributed by atoms with van der Waals surface area (Å²) in [6, 6.07) is 9.61. The van der Waals surface area contributed by atoms with Gasteiger partial charge < -0.3 is 15.3 Å². The molecule has 0 saturated carbocycles. The minimum Gasteiger partial charge on any atom is -0.508 e. The molecule has 0 bridgehead atoms. The van der Waals surface area contributed by atoms with E-state index in [2.05, 4.69) is 0 Å². The van der Waals surface area contributed by atoms with E-state index < -0.39 is 17.3 Å². The number of hydrogen-bond acceptors (Lipinski definition) is 4. The van der Waals surface area contributed by atoms with Crippen molar-refractivity contribution in [2.75, 3.05) is 0 Å². The van der Waals surface area contributed by atoms with Crippen LogP contribution in [0.1, 0.15) is 35.3 Å². The van der Waals surface area contributed by atoms with Crippen LogP contribution >= 0.6 is 0 Å². The van der Waals surface area contributed by atoms with E-state index in [9.17, 15) is 20.1 Å². The Morgan fingerprint density at radius 3 is 2.24 bits per heavy atom. The van der Waals surface area contributed by atoms with Crippen molar-refractivity contribution in [3.63, 3.8) is 0 Å². The molecular weight excluding hydrogens is 268 g/mol. The minimum absolute atomic E-state index is 0.108. The number of aromatic hydroxyl groups is 3. The average Bonchev–Trinajstić information content (AvgIpc) is 2.47. The molecule has 0 aliphatic heterocycles. The molecule has 0 aliphatic rings. The van der Waals surface area contributed by atoms with Gasteiger partial charge in [-0.3, -0.25) is 4.79 Å². The Kier molecular flexibility index (Phi) is 4.17. The third-order valence-electron chi connectivity index (χ3n) is 3.25. The molecule has 0 saturated heterocycles. The van der Waals surface area contributed by atoms with Crippen molar-refractivity contribution < 1.29 is 20.1 Å². The van der Waals surface area contributed by atoms with Gasteiger partial charge in [0.05, 0.1) is 5.56 Å². The molecule has 0 aliphatic carbocycles. The highest BCUT2D eigenvalue weighted by atomic mass is 16.3. The van der Waals surface area contributed by atoms with E-state index in [0.717, 1.165) is 0 Å². The van der Waals surface area contributed by atoms with Gasteiger partial charge in [0.2, 0.25) is 0 Å². The lowest BCUT2D eigenvalue weighted by molar-refractivity contribution is 0.103. The van der Waals surface area contributed by atoms with E-state index >= 15 is 0 Å². The molecule has 0 atom stereocenters. The van der Waals surface area contributed by atoms with Crippen LogP contribution in [0.25, 0.3) is 0 Å². The number of phenolic OH excluding ortho intramolecular Hbond substituents is 3. The highest BCUT2D eigenvalue weighted by Gasteiger charge is 2.22. The predicted octanol–water partition coefficient (Wildman–Crippen LogP) is 3.23. The number of carbonyl (C=O) groups excluding carboxylic acids is 1. The fraction of sp³-hybridized carbons (Fsp3) is 0.235. The molecule has 3 N–H and O–H groups in total. The van der Waals surface area contributed by atoms with Crippen molar-refractivity contribution in [2.24, 2.45) is 5.92 Å². The van der Waals surface area contributed by atoms with Gasteiger partial charge in [0.15, 0.2) is 17.3 Å². The molecule has 0 fully saturated rings. The first-order valence-corrected chi connectivity index (χ1v) is 6.78. The summed E-state index contributed by atoms with van der Waals surface area (Å²) in [4.78, 5) is 12.3. The first-order valence-electron chi connectivity index (χ1n) is 6.78. The van der Waals surface area contributed by atoms with E-state index in [4.69, 9.17) is 0 Å². The van der Waals surface area contributed by atoms with Gasteiger partial charge in [0.1, 0.15) is 5.75 Å². The van der Waals surface area contributed by atoms with Gasteiger partial charge in [-0.05, 0) is 18.4 Å². The van der Waals surface area contributed by atoms with Crippen molar-refractivity contribution in [3.8, 4) is 17.2 Å². The average molecular weight is 286 g/mol. The fourth-order valence-corrected chi connectivity index (χ4v) is 2.21. The molecule has 4 heteroatoms. The Balaban J connectivity index is 2.50. The van der Waals surface area contributed by atoms with Gasteiger partial charge in [0.25, 0.3) is 0 Å². The summed E-state index contributed by atoms with van der Waals surface area (Å²) in [5.74, 6) is -1.36. The van der Waals surface area contributed by atoms with Gasteiger partial charge in [-0.2, -0.15) is 0 Å². The SMILES string of the molecule is CC(C)Cc1c(O)cc(C(=O)c2ccccc2)c(O)c1O. The van der Waals surface area contributed by atoms with Crippen molar-refractivity contribution in [2.45, 2.75) is 20.3 Å². The van der Waals surface area contributed by atoms with Crippen molar-refractivity contribution in [1.82, 2.24) is 0 Å². The van der Waals surface area contributed by atoms with Crippen LogP contribution in [0.3, 0.4) is 0 Å². The van der Waals surface area contributed by atoms with Gasteiger partial charge in [-0.1, -0.05) is 44.2 Å². The molecule has 0 aromatic heterocycles. The molecule has 2 aromatic rings. The van der Waals surface area contributed by atoms with E-state index in [-0.39, 0.29) is 22.8 Å². The lowest BCUT2D eigenvalue weighted by Crippen LogP contribution is -2.04. The molecular formula is C17H18O4. The van der Waals surface area contributed by atoms with Crippen LogP contribution in [0.5, 0.6) is 17.2 Å². The number of hydrogen-bond donors (Lipinski definition) is 3. The molecule has 0 radical (unpaired) electrons. The topological polar surface area (TPSA) is 77.8 Å². The smallest absolute Gasteiger partial charge is 0.197 e. The Morgan fingerprint density at radius 1 is 1.05 bits per heavy atom. The summed E-state index contributed by atoms with van der Waals surface area (Å²) in [5, 5.41) is 30.1. The Labute approximate surface area is 123 Å². The second-order valence-electron chi connectivity index (χ2n) is 5.41. The molecule has 0 unspecified atom stereocenters. The van der Waals surface area contributed by atoms with Gasteiger partial charge in [-0.25, -0.2) is 0 Å². The molecule has 0 heterocycles. The third-order valence-corrected chi connectivity index (χ3v) is 3.25. The van der Waals surface area contributed by atoms with Crippen LogP contribution in [0, 0.1) is 5.92 Å². The lowest BCUT2D eigenvalue weighted by Gasteiger charge is -2.14. The molecule has 110 valence electrons. The maximum Gasteiger partial charge on any atom is 0.197 e. The fourth-order valence-electron chi connectivity index (χ4n) is 2.21. The minimum atomic E-state index is -0.489. The molecule has 21 heavy (non-hydrogen) atoms. The van der Waals surface area contributed by atoms with Crippen LogP contribution in [0.4, 0.5) is 0 Å². The quantitative estimate of drug-likeness (QED) is 0.458. The normalized spacial score (nSPS) is 10.8. The van der Waals surface area contributed by atoms with Gasteiger partial charge >= 0.3 is 0 Å². The summed E-state index contributed by atoms with van der Waals surface area (Å²) in [7, 11) is 0. The van der Waals surface area contributed by atoms with E-state index in [1.54, 1.807) is 30.3 Å². The van der Waals surface area contributed by atoms with Crippen molar-refractivity contribution in [1.29, 1.82) is 0 Å². The zero-order valence-electron chi connectivity index (χ0n) is 12.0. The number of carbonyl (C=O) groups is 1. The Morgan fingerprint density at radius 2 is 1.67 bits per heavy atom. The highest BCUT2D eigenvalue weighted by molar-refractivity contribution is 6.11. The lowest BCUT2D eigenvalue weighted by atomic mass is 9.95. The summed E-state index contributed by atoms with van der Waals surface area (Å²) >= 11 is 0. The second-order valence-corrected chi connectivity index (χ2v) is 5.41. The van der Waals surface area contributed by atoms with E-state index in [0.29, 0.717) is 12.0 Å². The summed E-state index contributed by atoms with van der Waals surface area (Å²) in [6.45, 7) is 3.86. The molecule has 0 amide bonds. The molecule has 0 spiro atoms.